The van der Waals surface area contributed by atoms with E-state index in [4.69, 9.17) is 4.42 Å². The zero-order valence-corrected chi connectivity index (χ0v) is 24.0. The fourth-order valence-corrected chi connectivity index (χ4v) is 6.51. The highest BCUT2D eigenvalue weighted by molar-refractivity contribution is 5.99. The molecule has 2 aliphatic heterocycles. The first-order valence-corrected chi connectivity index (χ1v) is 15.1. The van der Waals surface area contributed by atoms with Crippen molar-refractivity contribution in [2.24, 2.45) is 0 Å². The summed E-state index contributed by atoms with van der Waals surface area (Å²) >= 11 is 0. The molecule has 0 spiro atoms. The Hall–Kier alpha value is -4.26. The predicted octanol–water partition coefficient (Wildman–Crippen LogP) is 6.45. The van der Waals surface area contributed by atoms with Crippen LogP contribution in [0.1, 0.15) is 11.3 Å². The molecule has 6 nitrogen and oxygen atoms in total. The van der Waals surface area contributed by atoms with Gasteiger partial charge in [0.1, 0.15) is 17.1 Å². The van der Waals surface area contributed by atoms with Gasteiger partial charge in [0.2, 0.25) is 0 Å². The van der Waals surface area contributed by atoms with Crippen LogP contribution in [0.4, 0.5) is 11.4 Å². The number of phenols is 1. The summed E-state index contributed by atoms with van der Waals surface area (Å²) in [6.45, 7) is 9.21. The third-order valence-electron chi connectivity index (χ3n) is 8.81. The number of aromatic hydroxyl groups is 1. The van der Waals surface area contributed by atoms with Gasteiger partial charge in [0, 0.05) is 86.8 Å². The molecule has 3 heterocycles. The number of fused-ring (bicyclic) bond motifs is 1. The third kappa shape index (κ3) is 5.48. The standard InChI is InChI=1S/C36H38N4O2/c41-32-16-17-33-36(31(32)26-37-18-22-39(23-19-37)29-12-6-2-7-13-29)35(28-10-4-1-5-11-28)34(42-33)27-38-20-24-40(25-21-38)30-14-8-3-9-15-30/h1-17,41H,18-27H2. The SMILES string of the molecule is Oc1ccc2oc(CN3CCN(c4ccccc4)CC3)c(-c3ccccc3)c2c1CN1CCN(c2ccccc2)CC1. The molecule has 0 bridgehead atoms. The van der Waals surface area contributed by atoms with Gasteiger partial charge >= 0.3 is 0 Å². The first-order chi connectivity index (χ1) is 20.7. The smallest absolute Gasteiger partial charge is 0.135 e. The lowest BCUT2D eigenvalue weighted by Gasteiger charge is -2.36. The van der Waals surface area contributed by atoms with Crippen LogP contribution in [0.5, 0.6) is 5.75 Å². The van der Waals surface area contributed by atoms with E-state index in [1.54, 1.807) is 6.07 Å². The number of hydrogen-bond donors (Lipinski definition) is 1. The van der Waals surface area contributed by atoms with Crippen molar-refractivity contribution in [1.82, 2.24) is 9.80 Å². The second-order valence-corrected chi connectivity index (χ2v) is 11.4. The first kappa shape index (κ1) is 26.6. The molecule has 5 aromatic rings. The van der Waals surface area contributed by atoms with Crippen LogP contribution in [0.3, 0.4) is 0 Å². The van der Waals surface area contributed by atoms with Crippen LogP contribution in [-0.4, -0.2) is 67.3 Å². The molecule has 0 amide bonds. The molecule has 7 rings (SSSR count). The maximum Gasteiger partial charge on any atom is 0.135 e. The van der Waals surface area contributed by atoms with Crippen LogP contribution in [0.15, 0.2) is 108 Å². The summed E-state index contributed by atoms with van der Waals surface area (Å²) in [5, 5.41) is 12.3. The second kappa shape index (κ2) is 11.9. The second-order valence-electron chi connectivity index (χ2n) is 11.4. The van der Waals surface area contributed by atoms with Crippen LogP contribution in [0.25, 0.3) is 22.1 Å². The van der Waals surface area contributed by atoms with Gasteiger partial charge in [0.25, 0.3) is 0 Å². The maximum absolute atomic E-state index is 11.2. The van der Waals surface area contributed by atoms with E-state index in [9.17, 15) is 5.11 Å². The van der Waals surface area contributed by atoms with Crippen molar-refractivity contribution < 1.29 is 9.52 Å². The Kier molecular flexibility index (Phi) is 7.56. The van der Waals surface area contributed by atoms with Crippen molar-refractivity contribution in [1.29, 1.82) is 0 Å². The molecule has 0 aliphatic carbocycles. The predicted molar refractivity (Wildman–Crippen MR) is 171 cm³/mol. The monoisotopic (exact) mass is 558 g/mol. The van der Waals surface area contributed by atoms with Crippen molar-refractivity contribution in [3.63, 3.8) is 0 Å². The molecule has 2 fully saturated rings. The number of nitrogens with zero attached hydrogens (tertiary/aromatic N) is 4. The van der Waals surface area contributed by atoms with E-state index in [1.807, 2.05) is 6.07 Å². The van der Waals surface area contributed by atoms with Crippen LogP contribution >= 0.6 is 0 Å². The molecular formula is C36H38N4O2. The molecule has 0 saturated carbocycles. The minimum absolute atomic E-state index is 0.342. The molecule has 6 heteroatoms. The average molecular weight is 559 g/mol. The summed E-state index contributed by atoms with van der Waals surface area (Å²) in [6, 6.07) is 35.6. The quantitative estimate of drug-likeness (QED) is 0.248. The Morgan fingerprint density at radius 2 is 1.05 bits per heavy atom. The Morgan fingerprint density at radius 1 is 0.548 bits per heavy atom. The molecule has 0 radical (unpaired) electrons. The largest absolute Gasteiger partial charge is 0.508 e. The highest BCUT2D eigenvalue weighted by Crippen LogP contribution is 2.41. The number of piperazine rings is 2. The molecular weight excluding hydrogens is 520 g/mol. The summed E-state index contributed by atoms with van der Waals surface area (Å²) in [5.74, 6) is 1.32. The zero-order chi connectivity index (χ0) is 28.3. The lowest BCUT2D eigenvalue weighted by molar-refractivity contribution is 0.233. The highest BCUT2D eigenvalue weighted by Gasteiger charge is 2.26. The van der Waals surface area contributed by atoms with Gasteiger partial charge in [-0.1, -0.05) is 66.7 Å². The van der Waals surface area contributed by atoms with Crippen LogP contribution in [0.2, 0.25) is 0 Å². The third-order valence-corrected chi connectivity index (χ3v) is 8.81. The fourth-order valence-electron chi connectivity index (χ4n) is 6.51. The van der Waals surface area contributed by atoms with Gasteiger partial charge in [-0.2, -0.15) is 0 Å². The van der Waals surface area contributed by atoms with Crippen molar-refractivity contribution >= 4 is 22.3 Å². The van der Waals surface area contributed by atoms with Gasteiger partial charge in [0.15, 0.2) is 0 Å². The first-order valence-electron chi connectivity index (χ1n) is 15.1. The lowest BCUT2D eigenvalue weighted by Crippen LogP contribution is -2.46. The van der Waals surface area contributed by atoms with Gasteiger partial charge in [-0.05, 0) is 42.0 Å². The Bertz CT molecular complexity index is 1600. The molecule has 1 aromatic heterocycles. The molecule has 0 atom stereocenters. The Balaban J connectivity index is 1.15. The van der Waals surface area contributed by atoms with Gasteiger partial charge in [-0.15, -0.1) is 0 Å². The number of para-hydroxylation sites is 2. The molecule has 2 saturated heterocycles. The summed E-state index contributed by atoms with van der Waals surface area (Å²) in [4.78, 5) is 9.85. The topological polar surface area (TPSA) is 46.3 Å². The minimum Gasteiger partial charge on any atom is -0.508 e. The van der Waals surface area contributed by atoms with Crippen molar-refractivity contribution in [3.8, 4) is 16.9 Å². The van der Waals surface area contributed by atoms with Crippen molar-refractivity contribution in [2.75, 3.05) is 62.2 Å². The molecule has 0 unspecified atom stereocenters. The Morgan fingerprint density at radius 3 is 1.60 bits per heavy atom. The van der Waals surface area contributed by atoms with Gasteiger partial charge in [-0.3, -0.25) is 9.80 Å². The van der Waals surface area contributed by atoms with Crippen LogP contribution in [-0.2, 0) is 13.1 Å². The summed E-state index contributed by atoms with van der Waals surface area (Å²) in [7, 11) is 0. The van der Waals surface area contributed by atoms with Gasteiger partial charge in [-0.25, -0.2) is 0 Å². The van der Waals surface area contributed by atoms with E-state index in [0.717, 1.165) is 92.3 Å². The number of hydrogen-bond acceptors (Lipinski definition) is 6. The normalized spacial score (nSPS) is 16.8. The fraction of sp³-hybridized carbons (Fsp3) is 0.278. The van der Waals surface area contributed by atoms with Crippen molar-refractivity contribution in [3.05, 3.63) is 114 Å². The highest BCUT2D eigenvalue weighted by atomic mass is 16.3. The van der Waals surface area contributed by atoms with Crippen molar-refractivity contribution in [2.45, 2.75) is 13.1 Å². The number of anilines is 2. The van der Waals surface area contributed by atoms with Gasteiger partial charge < -0.3 is 19.3 Å². The lowest BCUT2D eigenvalue weighted by atomic mass is 9.97. The van der Waals surface area contributed by atoms with E-state index >= 15 is 0 Å². The molecule has 1 N–H and O–H groups in total. The summed E-state index contributed by atoms with van der Waals surface area (Å²) < 4.78 is 6.63. The van der Waals surface area contributed by atoms with E-state index in [0.29, 0.717) is 12.3 Å². The van der Waals surface area contributed by atoms with E-state index in [-0.39, 0.29) is 0 Å². The van der Waals surface area contributed by atoms with E-state index in [2.05, 4.69) is 111 Å². The number of benzene rings is 4. The van der Waals surface area contributed by atoms with Crippen LogP contribution in [0, 0.1) is 0 Å². The van der Waals surface area contributed by atoms with E-state index < -0.39 is 0 Å². The molecule has 42 heavy (non-hydrogen) atoms. The number of furan rings is 1. The number of rotatable bonds is 7. The summed E-state index contributed by atoms with van der Waals surface area (Å²) in [5.41, 5.74) is 6.62. The minimum atomic E-state index is 0.342. The molecule has 2 aliphatic rings. The van der Waals surface area contributed by atoms with Crippen LogP contribution < -0.4 is 9.80 Å². The Labute approximate surface area is 248 Å². The average Bonchev–Trinajstić information content (AvgIpc) is 3.42. The molecule has 214 valence electrons. The molecule has 4 aromatic carbocycles. The summed E-state index contributed by atoms with van der Waals surface area (Å²) in [6.07, 6.45) is 0. The zero-order valence-electron chi connectivity index (χ0n) is 24.0. The maximum atomic E-state index is 11.2. The van der Waals surface area contributed by atoms with Gasteiger partial charge in [0.05, 0.1) is 6.54 Å². The van der Waals surface area contributed by atoms with E-state index in [1.165, 1.54) is 11.4 Å². The number of phenolic OH excluding ortho intramolecular Hbond substituents is 1.